The number of anilines is 1. The van der Waals surface area contributed by atoms with Crippen molar-refractivity contribution in [1.82, 2.24) is 10.2 Å². The number of nitrogens with zero attached hydrogens (tertiary/aromatic N) is 2. The van der Waals surface area contributed by atoms with Crippen molar-refractivity contribution in [2.75, 3.05) is 31.6 Å². The molecule has 2 aromatic rings. The summed E-state index contributed by atoms with van der Waals surface area (Å²) >= 11 is 0. The van der Waals surface area contributed by atoms with E-state index in [1.54, 1.807) is 32.8 Å². The number of ether oxygens (including phenoxy) is 3. The number of nitrogens with one attached hydrogen (secondary N) is 1. The van der Waals surface area contributed by atoms with E-state index < -0.39 is 23.3 Å². The number of methoxy groups -OCH3 is 1. The average molecular weight is 582 g/mol. The maximum atomic E-state index is 14.1. The van der Waals surface area contributed by atoms with E-state index in [2.05, 4.69) is 22.3 Å². The third kappa shape index (κ3) is 8.31. The first-order valence-electron chi connectivity index (χ1n) is 15.0. The maximum Gasteiger partial charge on any atom is 0.408 e. The van der Waals surface area contributed by atoms with Crippen molar-refractivity contribution in [1.29, 1.82) is 0 Å². The van der Waals surface area contributed by atoms with E-state index >= 15 is 0 Å². The number of amides is 2. The molecule has 0 aromatic heterocycles. The standard InChI is InChI=1S/C33H47N3O6/c1-32(2,3)42-31(38)34-29(33(4,5)39)30(37)36-19-18-35(22-25(36)20-23-12-8-7-9-13-23)24-16-17-27(40-6)28(21-24)41-26-14-10-11-15-26/h7-9,12-13,16-17,21,25-26,29,39H,10-11,14-15,18-20,22H2,1-6H3,(H,34,38)/t25-,29+/m0/s1. The second-order valence-electron chi connectivity index (χ2n) is 12.9. The molecule has 9 nitrogen and oxygen atoms in total. The highest BCUT2D eigenvalue weighted by Crippen LogP contribution is 2.36. The number of carbonyl (C=O) groups excluding carboxylic acids is 2. The smallest absolute Gasteiger partial charge is 0.408 e. The Kier molecular flexibility index (Phi) is 9.92. The lowest BCUT2D eigenvalue weighted by Gasteiger charge is -2.45. The number of rotatable bonds is 9. The molecule has 0 spiro atoms. The fourth-order valence-electron chi connectivity index (χ4n) is 5.71. The summed E-state index contributed by atoms with van der Waals surface area (Å²) in [5, 5.41) is 13.6. The molecular weight excluding hydrogens is 534 g/mol. The molecule has 0 unspecified atom stereocenters. The van der Waals surface area contributed by atoms with Crippen molar-refractivity contribution in [2.24, 2.45) is 0 Å². The molecule has 1 heterocycles. The fourth-order valence-corrected chi connectivity index (χ4v) is 5.71. The number of carbonyl (C=O) groups is 2. The molecule has 0 radical (unpaired) electrons. The SMILES string of the molecule is COc1ccc(N2CCN(C(=O)[C@@H](NC(=O)OC(C)(C)C)C(C)(C)O)[C@@H](Cc3ccccc3)C2)cc1OC1CCCC1. The number of aliphatic hydroxyl groups is 1. The van der Waals surface area contributed by atoms with Gasteiger partial charge in [0.05, 0.1) is 24.9 Å². The molecule has 230 valence electrons. The lowest BCUT2D eigenvalue weighted by Crippen LogP contribution is -2.64. The van der Waals surface area contributed by atoms with Gasteiger partial charge in [0, 0.05) is 31.4 Å². The Morgan fingerprint density at radius 2 is 1.69 bits per heavy atom. The van der Waals surface area contributed by atoms with Crippen LogP contribution in [0.4, 0.5) is 10.5 Å². The highest BCUT2D eigenvalue weighted by atomic mass is 16.6. The third-order valence-electron chi connectivity index (χ3n) is 7.80. The first-order valence-corrected chi connectivity index (χ1v) is 15.0. The van der Waals surface area contributed by atoms with E-state index in [0.29, 0.717) is 31.8 Å². The minimum atomic E-state index is -1.51. The third-order valence-corrected chi connectivity index (χ3v) is 7.80. The summed E-state index contributed by atoms with van der Waals surface area (Å²) in [6.45, 7) is 9.89. The molecule has 9 heteroatoms. The van der Waals surface area contributed by atoms with Crippen LogP contribution in [0.1, 0.15) is 65.9 Å². The molecule has 1 saturated carbocycles. The van der Waals surface area contributed by atoms with Crippen molar-refractivity contribution < 1.29 is 28.9 Å². The summed E-state index contributed by atoms with van der Waals surface area (Å²) in [5.74, 6) is 1.11. The molecule has 2 amide bonds. The van der Waals surface area contributed by atoms with Crippen molar-refractivity contribution >= 4 is 17.7 Å². The van der Waals surface area contributed by atoms with Crippen LogP contribution in [0.3, 0.4) is 0 Å². The minimum absolute atomic E-state index is 0.200. The van der Waals surface area contributed by atoms with Gasteiger partial charge in [0.2, 0.25) is 5.91 Å². The summed E-state index contributed by atoms with van der Waals surface area (Å²) in [6.07, 6.45) is 4.53. The van der Waals surface area contributed by atoms with E-state index in [0.717, 1.165) is 29.8 Å². The highest BCUT2D eigenvalue weighted by Gasteiger charge is 2.42. The van der Waals surface area contributed by atoms with E-state index in [-0.39, 0.29) is 18.1 Å². The second-order valence-corrected chi connectivity index (χ2v) is 12.9. The summed E-state index contributed by atoms with van der Waals surface area (Å²) in [4.78, 5) is 30.8. The van der Waals surface area contributed by atoms with Crippen LogP contribution in [0.5, 0.6) is 11.5 Å². The van der Waals surface area contributed by atoms with Gasteiger partial charge in [0.15, 0.2) is 11.5 Å². The Bertz CT molecular complexity index is 1200. The Labute approximate surface area is 250 Å². The largest absolute Gasteiger partial charge is 0.493 e. The van der Waals surface area contributed by atoms with E-state index in [1.165, 1.54) is 26.7 Å². The van der Waals surface area contributed by atoms with E-state index in [9.17, 15) is 14.7 Å². The number of hydrogen-bond donors (Lipinski definition) is 2. The fraction of sp³-hybridized carbons (Fsp3) is 0.576. The van der Waals surface area contributed by atoms with Crippen LogP contribution in [-0.2, 0) is 16.0 Å². The van der Waals surface area contributed by atoms with E-state index in [4.69, 9.17) is 14.2 Å². The summed E-state index contributed by atoms with van der Waals surface area (Å²) < 4.78 is 17.4. The Morgan fingerprint density at radius 1 is 1.00 bits per heavy atom. The number of alkyl carbamates (subject to hydrolysis) is 1. The van der Waals surface area contributed by atoms with Crippen LogP contribution in [0.15, 0.2) is 48.5 Å². The topological polar surface area (TPSA) is 101 Å². The van der Waals surface area contributed by atoms with Gasteiger partial charge in [-0.1, -0.05) is 30.3 Å². The minimum Gasteiger partial charge on any atom is -0.493 e. The molecular formula is C33H47N3O6. The Hall–Kier alpha value is -3.46. The summed E-state index contributed by atoms with van der Waals surface area (Å²) in [6, 6.07) is 14.7. The number of piperazine rings is 1. The van der Waals surface area contributed by atoms with Crippen LogP contribution in [0.25, 0.3) is 0 Å². The first kappa shape index (κ1) is 31.5. The zero-order valence-corrected chi connectivity index (χ0v) is 25.9. The predicted octanol–water partition coefficient (Wildman–Crippen LogP) is 4.94. The molecule has 2 N–H and O–H groups in total. The monoisotopic (exact) mass is 581 g/mol. The molecule has 1 saturated heterocycles. The van der Waals surface area contributed by atoms with Gasteiger partial charge in [-0.25, -0.2) is 4.79 Å². The molecule has 1 aliphatic heterocycles. The summed E-state index contributed by atoms with van der Waals surface area (Å²) in [5.41, 5.74) is -0.149. The quantitative estimate of drug-likeness (QED) is 0.433. The van der Waals surface area contributed by atoms with Gasteiger partial charge >= 0.3 is 6.09 Å². The van der Waals surface area contributed by atoms with Gasteiger partial charge in [-0.05, 0) is 84.4 Å². The molecule has 2 fully saturated rings. The molecule has 2 aromatic carbocycles. The van der Waals surface area contributed by atoms with Crippen molar-refractivity contribution in [3.63, 3.8) is 0 Å². The normalized spacial score (nSPS) is 18.9. The highest BCUT2D eigenvalue weighted by molar-refractivity contribution is 5.87. The van der Waals surface area contributed by atoms with Crippen LogP contribution in [-0.4, -0.2) is 78.1 Å². The van der Waals surface area contributed by atoms with E-state index in [1.807, 2.05) is 36.4 Å². The van der Waals surface area contributed by atoms with Crippen molar-refractivity contribution in [3.8, 4) is 11.5 Å². The van der Waals surface area contributed by atoms with Crippen LogP contribution in [0.2, 0.25) is 0 Å². The Morgan fingerprint density at radius 3 is 2.31 bits per heavy atom. The van der Waals surface area contributed by atoms with Gasteiger partial charge in [-0.3, -0.25) is 4.79 Å². The van der Waals surface area contributed by atoms with Crippen LogP contribution in [0, 0.1) is 0 Å². The zero-order valence-electron chi connectivity index (χ0n) is 25.9. The van der Waals surface area contributed by atoms with Crippen LogP contribution >= 0.6 is 0 Å². The van der Waals surface area contributed by atoms with Crippen LogP contribution < -0.4 is 19.7 Å². The van der Waals surface area contributed by atoms with Gasteiger partial charge in [0.1, 0.15) is 11.6 Å². The molecule has 42 heavy (non-hydrogen) atoms. The number of benzene rings is 2. The molecule has 4 rings (SSSR count). The van der Waals surface area contributed by atoms with Gasteiger partial charge < -0.3 is 34.4 Å². The Balaban J connectivity index is 1.58. The lowest BCUT2D eigenvalue weighted by atomic mass is 9.94. The van der Waals surface area contributed by atoms with Crippen molar-refractivity contribution in [2.45, 2.75) is 96.1 Å². The van der Waals surface area contributed by atoms with Gasteiger partial charge in [-0.15, -0.1) is 0 Å². The molecule has 1 aliphatic carbocycles. The molecule has 2 atom stereocenters. The van der Waals surface area contributed by atoms with Gasteiger partial charge in [-0.2, -0.15) is 0 Å². The maximum absolute atomic E-state index is 14.1. The van der Waals surface area contributed by atoms with Gasteiger partial charge in [0.25, 0.3) is 0 Å². The molecule has 0 bridgehead atoms. The zero-order chi connectivity index (χ0) is 30.5. The lowest BCUT2D eigenvalue weighted by molar-refractivity contribution is -0.142. The first-order chi connectivity index (χ1) is 19.8. The molecule has 2 aliphatic rings. The number of hydrogen-bond acceptors (Lipinski definition) is 7. The summed E-state index contributed by atoms with van der Waals surface area (Å²) in [7, 11) is 1.65. The second kappa shape index (κ2) is 13.2. The predicted molar refractivity (Wildman–Crippen MR) is 163 cm³/mol. The van der Waals surface area contributed by atoms with Crippen molar-refractivity contribution in [3.05, 3.63) is 54.1 Å². The average Bonchev–Trinajstić information content (AvgIpc) is 3.43.